The second-order valence-electron chi connectivity index (χ2n) is 5.21. The third-order valence-electron chi connectivity index (χ3n) is 3.49. The molecule has 0 heterocycles. The number of nitrogens with zero attached hydrogens (tertiary/aromatic N) is 1. The van der Waals surface area contributed by atoms with Crippen LogP contribution < -0.4 is 10.1 Å². The van der Waals surface area contributed by atoms with Gasteiger partial charge >= 0.3 is 0 Å². The van der Waals surface area contributed by atoms with Gasteiger partial charge in [0.15, 0.2) is 0 Å². The number of carbonyl (C=O) groups is 1. The number of halogens is 1. The van der Waals surface area contributed by atoms with E-state index in [-0.39, 0.29) is 5.91 Å². The molecule has 0 radical (unpaired) electrons. The molecule has 122 valence electrons. The summed E-state index contributed by atoms with van der Waals surface area (Å²) < 4.78 is 5.15. The summed E-state index contributed by atoms with van der Waals surface area (Å²) in [4.78, 5) is 14.3. The van der Waals surface area contributed by atoms with Gasteiger partial charge in [-0.15, -0.1) is 0 Å². The van der Waals surface area contributed by atoms with Gasteiger partial charge in [-0.1, -0.05) is 36.7 Å². The van der Waals surface area contributed by atoms with Crippen molar-refractivity contribution in [1.82, 2.24) is 4.90 Å². The number of amides is 1. The quantitative estimate of drug-likeness (QED) is 0.838. The van der Waals surface area contributed by atoms with Gasteiger partial charge < -0.3 is 10.1 Å². The molecule has 23 heavy (non-hydrogen) atoms. The van der Waals surface area contributed by atoms with Gasteiger partial charge in [0.2, 0.25) is 5.91 Å². The van der Waals surface area contributed by atoms with Crippen molar-refractivity contribution in [3.63, 3.8) is 0 Å². The second-order valence-corrected chi connectivity index (χ2v) is 5.65. The fourth-order valence-electron chi connectivity index (χ4n) is 2.23. The molecule has 5 heteroatoms. The van der Waals surface area contributed by atoms with Crippen molar-refractivity contribution < 1.29 is 9.53 Å². The van der Waals surface area contributed by atoms with Crippen LogP contribution in [0, 0.1) is 0 Å². The molecule has 0 aliphatic carbocycles. The van der Waals surface area contributed by atoms with Crippen LogP contribution in [0.4, 0.5) is 5.69 Å². The summed E-state index contributed by atoms with van der Waals surface area (Å²) in [6.07, 6.45) is 0. The largest absolute Gasteiger partial charge is 0.497 e. The Morgan fingerprint density at radius 1 is 1.22 bits per heavy atom. The number of ether oxygens (including phenoxy) is 1. The van der Waals surface area contributed by atoms with Gasteiger partial charge in [0.1, 0.15) is 5.75 Å². The molecule has 2 rings (SSSR count). The first-order chi connectivity index (χ1) is 11.1. The lowest BCUT2D eigenvalue weighted by atomic mass is 10.2. The zero-order valence-corrected chi connectivity index (χ0v) is 14.1. The topological polar surface area (TPSA) is 41.6 Å². The second kappa shape index (κ2) is 8.56. The standard InChI is InChI=1S/C18H21ClN2O2/c1-3-21(12-14-7-9-15(19)10-8-14)13-18(22)20-16-5-4-6-17(11-16)23-2/h4-11H,3,12-13H2,1-2H3,(H,20,22). The van der Waals surface area contributed by atoms with E-state index in [4.69, 9.17) is 16.3 Å². The predicted molar refractivity (Wildman–Crippen MR) is 94.0 cm³/mol. The molecule has 0 aliphatic rings. The minimum atomic E-state index is -0.0472. The summed E-state index contributed by atoms with van der Waals surface area (Å²) in [5.74, 6) is 0.672. The van der Waals surface area contributed by atoms with Crippen LogP contribution in [0.1, 0.15) is 12.5 Å². The van der Waals surface area contributed by atoms with Crippen LogP contribution >= 0.6 is 11.6 Å². The van der Waals surface area contributed by atoms with Gasteiger partial charge in [0.25, 0.3) is 0 Å². The molecule has 0 atom stereocenters. The van der Waals surface area contributed by atoms with Crippen LogP contribution in [-0.4, -0.2) is 31.0 Å². The van der Waals surface area contributed by atoms with E-state index in [1.54, 1.807) is 13.2 Å². The molecule has 0 fully saturated rings. The molecule has 0 unspecified atom stereocenters. The molecule has 0 spiro atoms. The van der Waals surface area contributed by atoms with Crippen molar-refractivity contribution >= 4 is 23.2 Å². The monoisotopic (exact) mass is 332 g/mol. The number of benzene rings is 2. The lowest BCUT2D eigenvalue weighted by Crippen LogP contribution is -2.32. The fraction of sp³-hybridized carbons (Fsp3) is 0.278. The molecule has 2 aromatic carbocycles. The first kappa shape index (κ1) is 17.3. The van der Waals surface area contributed by atoms with Gasteiger partial charge in [-0.25, -0.2) is 0 Å². The molecule has 1 N–H and O–H groups in total. The normalized spacial score (nSPS) is 10.6. The van der Waals surface area contributed by atoms with Crippen LogP contribution in [-0.2, 0) is 11.3 Å². The summed E-state index contributed by atoms with van der Waals surface area (Å²) in [6, 6.07) is 15.0. The highest BCUT2D eigenvalue weighted by Gasteiger charge is 2.10. The molecule has 0 aromatic heterocycles. The Morgan fingerprint density at radius 2 is 1.96 bits per heavy atom. The highest BCUT2D eigenvalue weighted by atomic mass is 35.5. The number of likely N-dealkylation sites (N-methyl/N-ethyl adjacent to an activating group) is 1. The molecule has 0 saturated heterocycles. The zero-order chi connectivity index (χ0) is 16.7. The van der Waals surface area contributed by atoms with Crippen molar-refractivity contribution in [1.29, 1.82) is 0 Å². The van der Waals surface area contributed by atoms with Crippen molar-refractivity contribution in [2.45, 2.75) is 13.5 Å². The SMILES string of the molecule is CCN(CC(=O)Nc1cccc(OC)c1)Cc1ccc(Cl)cc1. The highest BCUT2D eigenvalue weighted by molar-refractivity contribution is 6.30. The van der Waals surface area contributed by atoms with Crippen molar-refractivity contribution in [3.8, 4) is 5.75 Å². The summed E-state index contributed by atoms with van der Waals surface area (Å²) in [5.41, 5.74) is 1.86. The lowest BCUT2D eigenvalue weighted by Gasteiger charge is -2.20. The summed E-state index contributed by atoms with van der Waals surface area (Å²) in [6.45, 7) is 3.86. The van der Waals surface area contributed by atoms with Crippen LogP contribution in [0.3, 0.4) is 0 Å². The average Bonchev–Trinajstić information content (AvgIpc) is 2.56. The van der Waals surface area contributed by atoms with Gasteiger partial charge in [0.05, 0.1) is 13.7 Å². The number of hydrogen-bond acceptors (Lipinski definition) is 3. The molecule has 1 amide bonds. The number of anilines is 1. The van der Waals surface area contributed by atoms with Crippen LogP contribution in [0.2, 0.25) is 5.02 Å². The van der Waals surface area contributed by atoms with E-state index in [2.05, 4.69) is 10.2 Å². The maximum Gasteiger partial charge on any atom is 0.238 e. The van der Waals surface area contributed by atoms with E-state index in [1.165, 1.54) is 0 Å². The van der Waals surface area contributed by atoms with E-state index in [0.717, 1.165) is 23.5 Å². The average molecular weight is 333 g/mol. The fourth-order valence-corrected chi connectivity index (χ4v) is 2.36. The van der Waals surface area contributed by atoms with Crippen molar-refractivity contribution in [2.75, 3.05) is 25.5 Å². The minimum Gasteiger partial charge on any atom is -0.497 e. The molecule has 0 bridgehead atoms. The van der Waals surface area contributed by atoms with Gasteiger partial charge in [-0.2, -0.15) is 0 Å². The Hall–Kier alpha value is -2.04. The lowest BCUT2D eigenvalue weighted by molar-refractivity contribution is -0.117. The molecule has 0 aliphatic heterocycles. The number of rotatable bonds is 7. The number of carbonyl (C=O) groups excluding carboxylic acids is 1. The Balaban J connectivity index is 1.92. The molecule has 0 saturated carbocycles. The molecular weight excluding hydrogens is 312 g/mol. The van der Waals surface area contributed by atoms with E-state index >= 15 is 0 Å². The van der Waals surface area contributed by atoms with E-state index < -0.39 is 0 Å². The van der Waals surface area contributed by atoms with Gasteiger partial charge in [-0.05, 0) is 36.4 Å². The van der Waals surface area contributed by atoms with Gasteiger partial charge in [-0.3, -0.25) is 9.69 Å². The zero-order valence-electron chi connectivity index (χ0n) is 13.4. The maximum atomic E-state index is 12.2. The van der Waals surface area contributed by atoms with Crippen molar-refractivity contribution in [2.24, 2.45) is 0 Å². The highest BCUT2D eigenvalue weighted by Crippen LogP contribution is 2.17. The Labute approximate surface area is 142 Å². The number of nitrogens with one attached hydrogen (secondary N) is 1. The third kappa shape index (κ3) is 5.58. The third-order valence-corrected chi connectivity index (χ3v) is 3.74. The Bertz CT molecular complexity index is 644. The van der Waals surface area contributed by atoms with E-state index in [1.807, 2.05) is 49.4 Å². The summed E-state index contributed by atoms with van der Waals surface area (Å²) in [7, 11) is 1.60. The number of methoxy groups -OCH3 is 1. The van der Waals surface area contributed by atoms with Gasteiger partial charge in [0, 0.05) is 23.3 Å². The predicted octanol–water partition coefficient (Wildman–Crippen LogP) is 3.81. The minimum absolute atomic E-state index is 0.0472. The van der Waals surface area contributed by atoms with Crippen LogP contribution in [0.15, 0.2) is 48.5 Å². The van der Waals surface area contributed by atoms with Crippen molar-refractivity contribution in [3.05, 3.63) is 59.1 Å². The van der Waals surface area contributed by atoms with E-state index in [0.29, 0.717) is 18.1 Å². The maximum absolute atomic E-state index is 12.2. The molecule has 4 nitrogen and oxygen atoms in total. The number of hydrogen-bond donors (Lipinski definition) is 1. The first-order valence-corrected chi connectivity index (χ1v) is 7.89. The first-order valence-electron chi connectivity index (χ1n) is 7.51. The van der Waals surface area contributed by atoms with Crippen LogP contribution in [0.25, 0.3) is 0 Å². The van der Waals surface area contributed by atoms with E-state index in [9.17, 15) is 4.79 Å². The van der Waals surface area contributed by atoms with Crippen LogP contribution in [0.5, 0.6) is 5.75 Å². The molecule has 2 aromatic rings. The Morgan fingerprint density at radius 3 is 2.61 bits per heavy atom. The Kier molecular flexibility index (Phi) is 6.44. The smallest absolute Gasteiger partial charge is 0.238 e. The summed E-state index contributed by atoms with van der Waals surface area (Å²) >= 11 is 5.89. The summed E-state index contributed by atoms with van der Waals surface area (Å²) in [5, 5.41) is 3.61. The molecular formula is C18H21ClN2O2.